The highest BCUT2D eigenvalue weighted by molar-refractivity contribution is 5.74. The molecule has 2 rings (SSSR count). The lowest BCUT2D eigenvalue weighted by Gasteiger charge is -2.21. The van der Waals surface area contributed by atoms with E-state index in [0.29, 0.717) is 18.8 Å². The molecule has 1 saturated heterocycles. The molecule has 1 aliphatic heterocycles. The highest BCUT2D eigenvalue weighted by Crippen LogP contribution is 2.24. The fourth-order valence-electron chi connectivity index (χ4n) is 2.73. The van der Waals surface area contributed by atoms with E-state index in [4.69, 9.17) is 4.74 Å². The molecule has 1 aromatic carbocycles. The summed E-state index contributed by atoms with van der Waals surface area (Å²) in [5.74, 6) is -1.40. The van der Waals surface area contributed by atoms with Gasteiger partial charge in [0.05, 0.1) is 12.1 Å². The van der Waals surface area contributed by atoms with Gasteiger partial charge in [-0.15, -0.1) is 0 Å². The van der Waals surface area contributed by atoms with E-state index >= 15 is 0 Å². The first-order valence-corrected chi connectivity index (χ1v) is 8.18. The predicted octanol–water partition coefficient (Wildman–Crippen LogP) is 2.51. The van der Waals surface area contributed by atoms with Gasteiger partial charge >= 0.3 is 6.03 Å². The van der Waals surface area contributed by atoms with Crippen molar-refractivity contribution in [3.05, 3.63) is 29.8 Å². The number of amides is 2. The minimum Gasteiger partial charge on any atom is -0.380 e. The van der Waals surface area contributed by atoms with Gasteiger partial charge in [-0.2, -0.15) is 0 Å². The lowest BCUT2D eigenvalue weighted by Crippen LogP contribution is -2.47. The van der Waals surface area contributed by atoms with E-state index in [0.717, 1.165) is 19.0 Å². The Morgan fingerprint density at radius 3 is 2.79 bits per heavy atom. The van der Waals surface area contributed by atoms with Crippen LogP contribution < -0.4 is 15.5 Å². The molecule has 3 atom stereocenters. The number of nitrogens with zero attached hydrogens (tertiary/aromatic N) is 1. The van der Waals surface area contributed by atoms with Crippen LogP contribution in [0.3, 0.4) is 0 Å². The number of halogens is 2. The molecule has 1 aliphatic rings. The Labute approximate surface area is 141 Å². The maximum Gasteiger partial charge on any atom is 0.315 e. The van der Waals surface area contributed by atoms with Gasteiger partial charge in [0.2, 0.25) is 0 Å². The van der Waals surface area contributed by atoms with Gasteiger partial charge in [0.15, 0.2) is 11.6 Å². The molecule has 0 radical (unpaired) electrons. The zero-order valence-corrected chi connectivity index (χ0v) is 14.3. The Morgan fingerprint density at radius 2 is 2.12 bits per heavy atom. The largest absolute Gasteiger partial charge is 0.380 e. The number of urea groups is 1. The minimum atomic E-state index is -0.841. The molecule has 7 heteroatoms. The van der Waals surface area contributed by atoms with Gasteiger partial charge in [0.25, 0.3) is 0 Å². The van der Waals surface area contributed by atoms with Crippen LogP contribution in [0, 0.1) is 17.6 Å². The molecule has 0 unspecified atom stereocenters. The molecule has 24 heavy (non-hydrogen) atoms. The van der Waals surface area contributed by atoms with Crippen LogP contribution in [0.25, 0.3) is 0 Å². The summed E-state index contributed by atoms with van der Waals surface area (Å²) in [6, 6.07) is 3.62. The molecule has 134 valence electrons. The van der Waals surface area contributed by atoms with Crippen molar-refractivity contribution in [3.63, 3.8) is 0 Å². The zero-order chi connectivity index (χ0) is 17.7. The predicted molar refractivity (Wildman–Crippen MR) is 89.1 cm³/mol. The van der Waals surface area contributed by atoms with Gasteiger partial charge in [-0.25, -0.2) is 13.6 Å². The zero-order valence-electron chi connectivity index (χ0n) is 14.3. The highest BCUT2D eigenvalue weighted by Gasteiger charge is 2.24. The topological polar surface area (TPSA) is 53.6 Å². The SMILES string of the molecule is CO[C@@H](C)[C@H](C)NC(=O)NC[C@@H]1CCN(c2ccc(F)c(F)c2)C1. The van der Waals surface area contributed by atoms with Crippen molar-refractivity contribution < 1.29 is 18.3 Å². The van der Waals surface area contributed by atoms with Crippen LogP contribution in [0.4, 0.5) is 19.3 Å². The average molecular weight is 341 g/mol. The lowest BCUT2D eigenvalue weighted by molar-refractivity contribution is 0.0911. The van der Waals surface area contributed by atoms with E-state index in [1.165, 1.54) is 6.07 Å². The van der Waals surface area contributed by atoms with Crippen LogP contribution in [0.1, 0.15) is 20.3 Å². The Hall–Kier alpha value is -1.89. The van der Waals surface area contributed by atoms with E-state index in [2.05, 4.69) is 10.6 Å². The van der Waals surface area contributed by atoms with Crippen LogP contribution in [-0.2, 0) is 4.74 Å². The number of benzene rings is 1. The molecule has 1 aromatic rings. The van der Waals surface area contributed by atoms with Crippen LogP contribution in [0.15, 0.2) is 18.2 Å². The van der Waals surface area contributed by atoms with Crippen molar-refractivity contribution in [2.75, 3.05) is 31.6 Å². The standard InChI is InChI=1S/C17H25F2N3O2/c1-11(12(2)24-3)21-17(23)20-9-13-6-7-22(10-13)14-4-5-15(18)16(19)8-14/h4-5,8,11-13H,6-7,9-10H2,1-3H3,(H2,20,21,23)/t11-,12-,13-/m0/s1. The second-order valence-electron chi connectivity index (χ2n) is 6.28. The third kappa shape index (κ3) is 4.80. The molecule has 0 bridgehead atoms. The number of rotatable bonds is 6. The quantitative estimate of drug-likeness (QED) is 0.836. The van der Waals surface area contributed by atoms with Crippen molar-refractivity contribution in [3.8, 4) is 0 Å². The van der Waals surface area contributed by atoms with E-state index in [1.54, 1.807) is 13.2 Å². The molecule has 2 N–H and O–H groups in total. The fraction of sp³-hybridized carbons (Fsp3) is 0.588. The number of ether oxygens (including phenoxy) is 1. The summed E-state index contributed by atoms with van der Waals surface area (Å²) in [6.07, 6.45) is 0.828. The summed E-state index contributed by atoms with van der Waals surface area (Å²) in [6.45, 7) is 5.78. The van der Waals surface area contributed by atoms with Crippen molar-refractivity contribution in [1.29, 1.82) is 0 Å². The molecular weight excluding hydrogens is 316 g/mol. The monoisotopic (exact) mass is 341 g/mol. The van der Waals surface area contributed by atoms with E-state index < -0.39 is 11.6 Å². The van der Waals surface area contributed by atoms with Crippen LogP contribution in [0.2, 0.25) is 0 Å². The minimum absolute atomic E-state index is 0.0638. The number of carbonyl (C=O) groups excluding carboxylic acids is 1. The molecule has 2 amide bonds. The van der Waals surface area contributed by atoms with Crippen molar-refractivity contribution in [2.24, 2.45) is 5.92 Å². The molecule has 0 aliphatic carbocycles. The van der Waals surface area contributed by atoms with Crippen molar-refractivity contribution in [1.82, 2.24) is 10.6 Å². The fourth-order valence-corrected chi connectivity index (χ4v) is 2.73. The Kier molecular flexibility index (Phi) is 6.36. The first-order chi connectivity index (χ1) is 11.4. The summed E-state index contributed by atoms with van der Waals surface area (Å²) in [7, 11) is 1.60. The summed E-state index contributed by atoms with van der Waals surface area (Å²) in [5.41, 5.74) is 0.670. The van der Waals surface area contributed by atoms with Gasteiger partial charge in [0.1, 0.15) is 0 Å². The number of hydrogen-bond donors (Lipinski definition) is 2. The Bertz CT molecular complexity index is 571. The third-order valence-electron chi connectivity index (χ3n) is 4.54. The smallest absolute Gasteiger partial charge is 0.315 e. The number of nitrogens with one attached hydrogen (secondary N) is 2. The third-order valence-corrected chi connectivity index (χ3v) is 4.54. The summed E-state index contributed by atoms with van der Waals surface area (Å²) < 4.78 is 31.5. The van der Waals surface area contributed by atoms with Gasteiger partial charge in [0, 0.05) is 38.5 Å². The normalized spacial score (nSPS) is 19.9. The molecule has 1 heterocycles. The van der Waals surface area contributed by atoms with Crippen LogP contribution >= 0.6 is 0 Å². The number of methoxy groups -OCH3 is 1. The number of carbonyl (C=O) groups is 1. The summed E-state index contributed by atoms with van der Waals surface area (Å²) >= 11 is 0. The average Bonchev–Trinajstić information content (AvgIpc) is 3.03. The van der Waals surface area contributed by atoms with Crippen molar-refractivity contribution >= 4 is 11.7 Å². The van der Waals surface area contributed by atoms with Crippen molar-refractivity contribution in [2.45, 2.75) is 32.4 Å². The van der Waals surface area contributed by atoms with Gasteiger partial charge in [-0.05, 0) is 38.3 Å². The number of hydrogen-bond acceptors (Lipinski definition) is 3. The van der Waals surface area contributed by atoms with Crippen LogP contribution in [0.5, 0.6) is 0 Å². The van der Waals surface area contributed by atoms with Gasteiger partial charge in [-0.3, -0.25) is 0 Å². The summed E-state index contributed by atoms with van der Waals surface area (Å²) in [5, 5.41) is 5.69. The number of anilines is 1. The molecule has 0 saturated carbocycles. The second kappa shape index (κ2) is 8.28. The van der Waals surface area contributed by atoms with E-state index in [-0.39, 0.29) is 24.1 Å². The molecule has 5 nitrogen and oxygen atoms in total. The highest BCUT2D eigenvalue weighted by atomic mass is 19.2. The first-order valence-electron chi connectivity index (χ1n) is 8.18. The molecular formula is C17H25F2N3O2. The molecule has 0 aromatic heterocycles. The van der Waals surface area contributed by atoms with E-state index in [9.17, 15) is 13.6 Å². The Balaban J connectivity index is 1.77. The maximum atomic E-state index is 13.3. The second-order valence-corrected chi connectivity index (χ2v) is 6.28. The molecule has 1 fully saturated rings. The van der Waals surface area contributed by atoms with Gasteiger partial charge in [-0.1, -0.05) is 0 Å². The lowest BCUT2D eigenvalue weighted by atomic mass is 10.1. The van der Waals surface area contributed by atoms with E-state index in [1.807, 2.05) is 18.7 Å². The van der Waals surface area contributed by atoms with Crippen LogP contribution in [-0.4, -0.2) is 44.9 Å². The van der Waals surface area contributed by atoms with Gasteiger partial charge < -0.3 is 20.3 Å². The Morgan fingerprint density at radius 1 is 1.38 bits per heavy atom. The molecule has 0 spiro atoms. The maximum absolute atomic E-state index is 13.3. The summed E-state index contributed by atoms with van der Waals surface area (Å²) in [4.78, 5) is 13.9. The first kappa shape index (κ1) is 18.4.